The molecule has 0 aromatic carbocycles. The van der Waals surface area contributed by atoms with E-state index in [0.29, 0.717) is 5.82 Å². The van der Waals surface area contributed by atoms with Gasteiger partial charge in [0.1, 0.15) is 0 Å². The van der Waals surface area contributed by atoms with Crippen molar-refractivity contribution in [2.24, 2.45) is 5.73 Å². The topological polar surface area (TPSA) is 94.0 Å². The van der Waals surface area contributed by atoms with Crippen molar-refractivity contribution < 1.29 is 9.90 Å². The summed E-state index contributed by atoms with van der Waals surface area (Å²) in [5, 5.41) is 13.3. The highest BCUT2D eigenvalue weighted by atomic mass is 16.3. The third kappa shape index (κ3) is 1.64. The number of aromatic nitrogens is 3. The Morgan fingerprint density at radius 3 is 2.80 bits per heavy atom. The Hall–Kier alpha value is -2.37. The van der Waals surface area contributed by atoms with Crippen LogP contribution in [0.3, 0.4) is 0 Å². The summed E-state index contributed by atoms with van der Waals surface area (Å²) in [6.45, 7) is 0. The molecule has 0 saturated heterocycles. The monoisotopic (exact) mass is 204 g/mol. The van der Waals surface area contributed by atoms with Crippen molar-refractivity contribution in [3.8, 4) is 11.7 Å². The average Bonchev–Trinajstić information content (AvgIpc) is 2.62. The van der Waals surface area contributed by atoms with E-state index in [0.717, 1.165) is 4.68 Å². The Balaban J connectivity index is 2.50. The molecule has 2 aromatic rings. The molecule has 3 N–H and O–H groups in total. The summed E-state index contributed by atoms with van der Waals surface area (Å²) in [5.41, 5.74) is 5.03. The Bertz CT molecular complexity index is 492. The van der Waals surface area contributed by atoms with E-state index in [1.807, 2.05) is 0 Å². The Morgan fingerprint density at radius 2 is 2.27 bits per heavy atom. The smallest absolute Gasteiger partial charge is 0.269 e. The number of carbonyl (C=O) groups excluding carboxylic acids is 1. The van der Waals surface area contributed by atoms with Gasteiger partial charge in [-0.15, -0.1) is 0 Å². The second kappa shape index (κ2) is 3.41. The number of pyridine rings is 1. The minimum absolute atomic E-state index is 0.00171. The molecule has 2 rings (SSSR count). The van der Waals surface area contributed by atoms with Crippen LogP contribution < -0.4 is 5.73 Å². The van der Waals surface area contributed by atoms with Crippen LogP contribution in [0.1, 0.15) is 10.5 Å². The molecule has 15 heavy (non-hydrogen) atoms. The summed E-state index contributed by atoms with van der Waals surface area (Å²) in [5.74, 6) is -0.454. The van der Waals surface area contributed by atoms with E-state index in [-0.39, 0.29) is 11.6 Å². The maximum Gasteiger partial charge on any atom is 0.269 e. The van der Waals surface area contributed by atoms with Gasteiger partial charge in [-0.25, -0.2) is 4.98 Å². The van der Waals surface area contributed by atoms with Crippen molar-refractivity contribution >= 4 is 5.91 Å². The van der Waals surface area contributed by atoms with Gasteiger partial charge >= 0.3 is 0 Å². The molecule has 0 aliphatic heterocycles. The molecule has 0 aliphatic rings. The van der Waals surface area contributed by atoms with Crippen LogP contribution in [-0.2, 0) is 0 Å². The predicted octanol–water partition coefficient (Wildman–Crippen LogP) is 0.0718. The number of hydrogen-bond donors (Lipinski definition) is 2. The van der Waals surface area contributed by atoms with E-state index in [2.05, 4.69) is 10.1 Å². The van der Waals surface area contributed by atoms with E-state index in [4.69, 9.17) is 5.73 Å². The van der Waals surface area contributed by atoms with Crippen molar-refractivity contribution in [1.29, 1.82) is 0 Å². The summed E-state index contributed by atoms with van der Waals surface area (Å²) in [7, 11) is 0. The minimum atomic E-state index is -0.694. The van der Waals surface area contributed by atoms with Crippen molar-refractivity contribution in [3.05, 3.63) is 36.2 Å². The summed E-state index contributed by atoms with van der Waals surface area (Å²) in [6.07, 6.45) is 1.56. The predicted molar refractivity (Wildman–Crippen MR) is 51.5 cm³/mol. The van der Waals surface area contributed by atoms with Gasteiger partial charge < -0.3 is 10.8 Å². The Morgan fingerprint density at radius 1 is 1.47 bits per heavy atom. The van der Waals surface area contributed by atoms with Crippen LogP contribution in [-0.4, -0.2) is 25.8 Å². The molecule has 0 bridgehead atoms. The fourth-order valence-electron chi connectivity index (χ4n) is 1.14. The molecule has 0 saturated carbocycles. The maximum atomic E-state index is 10.8. The van der Waals surface area contributed by atoms with Crippen LogP contribution in [0, 0.1) is 0 Å². The van der Waals surface area contributed by atoms with Gasteiger partial charge in [0.2, 0.25) is 5.88 Å². The molecule has 76 valence electrons. The van der Waals surface area contributed by atoms with Crippen LogP contribution in [0.25, 0.3) is 5.82 Å². The number of carbonyl (C=O) groups is 1. The van der Waals surface area contributed by atoms with E-state index >= 15 is 0 Å². The third-order valence-corrected chi connectivity index (χ3v) is 1.81. The van der Waals surface area contributed by atoms with Gasteiger partial charge in [-0.05, 0) is 12.1 Å². The van der Waals surface area contributed by atoms with Crippen LogP contribution in [0.4, 0.5) is 0 Å². The van der Waals surface area contributed by atoms with Gasteiger partial charge in [-0.3, -0.25) is 4.79 Å². The highest BCUT2D eigenvalue weighted by molar-refractivity contribution is 5.91. The van der Waals surface area contributed by atoms with E-state index in [1.165, 1.54) is 6.07 Å². The fraction of sp³-hybridized carbons (Fsp3) is 0. The molecule has 0 radical (unpaired) electrons. The first-order valence-corrected chi connectivity index (χ1v) is 4.19. The van der Waals surface area contributed by atoms with Crippen molar-refractivity contribution in [2.75, 3.05) is 0 Å². The zero-order valence-electron chi connectivity index (χ0n) is 7.66. The number of nitrogens with zero attached hydrogens (tertiary/aromatic N) is 3. The van der Waals surface area contributed by atoms with E-state index in [1.54, 1.807) is 24.4 Å². The van der Waals surface area contributed by atoms with Gasteiger partial charge in [-0.1, -0.05) is 6.07 Å². The minimum Gasteiger partial charge on any atom is -0.493 e. The number of hydrogen-bond acceptors (Lipinski definition) is 4. The molecule has 0 aliphatic carbocycles. The lowest BCUT2D eigenvalue weighted by Crippen LogP contribution is -2.12. The Kier molecular flexibility index (Phi) is 2.09. The fourth-order valence-corrected chi connectivity index (χ4v) is 1.14. The molecule has 1 amide bonds. The molecule has 0 fully saturated rings. The molecule has 0 atom stereocenters. The first-order valence-electron chi connectivity index (χ1n) is 4.19. The number of nitrogens with two attached hydrogens (primary N) is 1. The number of aromatic hydroxyl groups is 1. The van der Waals surface area contributed by atoms with Gasteiger partial charge in [0.05, 0.1) is 0 Å². The number of amides is 1. The second-order valence-corrected chi connectivity index (χ2v) is 2.85. The number of primary amides is 1. The van der Waals surface area contributed by atoms with Gasteiger partial charge in [0, 0.05) is 12.3 Å². The summed E-state index contributed by atoms with van der Waals surface area (Å²) >= 11 is 0. The molecule has 2 heterocycles. The van der Waals surface area contributed by atoms with Gasteiger partial charge in [0.25, 0.3) is 5.91 Å². The molecule has 6 nitrogen and oxygen atoms in total. The SMILES string of the molecule is NC(=O)c1cc(O)n(-c2ccccn2)n1. The van der Waals surface area contributed by atoms with E-state index < -0.39 is 5.91 Å². The van der Waals surface area contributed by atoms with Crippen molar-refractivity contribution in [2.45, 2.75) is 0 Å². The quantitative estimate of drug-likeness (QED) is 0.723. The Labute approximate surface area is 85.0 Å². The first kappa shape index (κ1) is 9.20. The summed E-state index contributed by atoms with van der Waals surface area (Å²) < 4.78 is 1.14. The van der Waals surface area contributed by atoms with Crippen LogP contribution in [0.15, 0.2) is 30.5 Å². The molecule has 0 unspecified atom stereocenters. The highest BCUT2D eigenvalue weighted by Crippen LogP contribution is 2.15. The molecular formula is C9H8N4O2. The van der Waals surface area contributed by atoms with Crippen molar-refractivity contribution in [1.82, 2.24) is 14.8 Å². The molecule has 2 aromatic heterocycles. The van der Waals surface area contributed by atoms with E-state index in [9.17, 15) is 9.90 Å². The zero-order valence-corrected chi connectivity index (χ0v) is 7.66. The lowest BCUT2D eigenvalue weighted by atomic mass is 10.4. The van der Waals surface area contributed by atoms with Gasteiger partial charge in [0.15, 0.2) is 11.5 Å². The lowest BCUT2D eigenvalue weighted by Gasteiger charge is -1.99. The second-order valence-electron chi connectivity index (χ2n) is 2.85. The summed E-state index contributed by atoms with van der Waals surface area (Å²) in [6, 6.07) is 6.32. The highest BCUT2D eigenvalue weighted by Gasteiger charge is 2.12. The third-order valence-electron chi connectivity index (χ3n) is 1.81. The standard InChI is InChI=1S/C9H8N4O2/c10-9(15)6-5-8(14)13(12-6)7-3-1-2-4-11-7/h1-5,14H,(H2,10,15). The maximum absolute atomic E-state index is 10.8. The largest absolute Gasteiger partial charge is 0.493 e. The molecule has 0 spiro atoms. The van der Waals surface area contributed by atoms with Crippen LogP contribution in [0.5, 0.6) is 5.88 Å². The molecular weight excluding hydrogens is 196 g/mol. The van der Waals surface area contributed by atoms with Crippen LogP contribution in [0.2, 0.25) is 0 Å². The summed E-state index contributed by atoms with van der Waals surface area (Å²) in [4.78, 5) is 14.8. The van der Waals surface area contributed by atoms with Crippen LogP contribution >= 0.6 is 0 Å². The lowest BCUT2D eigenvalue weighted by molar-refractivity contribution is 0.0995. The molecule has 6 heteroatoms. The normalized spacial score (nSPS) is 10.1. The zero-order chi connectivity index (χ0) is 10.8. The first-order chi connectivity index (χ1) is 7.18. The van der Waals surface area contributed by atoms with Crippen molar-refractivity contribution in [3.63, 3.8) is 0 Å². The number of rotatable bonds is 2. The average molecular weight is 204 g/mol. The van der Waals surface area contributed by atoms with Gasteiger partial charge in [-0.2, -0.15) is 9.78 Å².